The molecule has 154 valence electrons. The quantitative estimate of drug-likeness (QED) is 0.527. The topological polar surface area (TPSA) is 77.0 Å². The van der Waals surface area contributed by atoms with E-state index in [1.165, 1.54) is 21.3 Å². The number of benzene rings is 1. The molecule has 2 rings (SSSR count). The number of alkyl halides is 3. The van der Waals surface area contributed by atoms with Crippen molar-refractivity contribution >= 4 is 23.0 Å². The van der Waals surface area contributed by atoms with Crippen LogP contribution in [0.5, 0.6) is 17.2 Å². The van der Waals surface area contributed by atoms with Crippen LogP contribution in [-0.4, -0.2) is 38.8 Å². The van der Waals surface area contributed by atoms with E-state index in [9.17, 15) is 13.2 Å². The summed E-state index contributed by atoms with van der Waals surface area (Å²) in [6, 6.07) is 3.39. The molecule has 0 unspecified atom stereocenters. The number of halogens is 3. The van der Waals surface area contributed by atoms with Crippen LogP contribution in [0.3, 0.4) is 0 Å². The van der Waals surface area contributed by atoms with Crippen molar-refractivity contribution in [3.05, 3.63) is 28.2 Å². The highest BCUT2D eigenvalue weighted by Crippen LogP contribution is 2.39. The molecule has 7 nitrogen and oxygen atoms in total. The van der Waals surface area contributed by atoms with Crippen molar-refractivity contribution in [2.75, 3.05) is 33.2 Å². The average Bonchev–Trinajstić information content (AvgIpc) is 3.15. The van der Waals surface area contributed by atoms with Gasteiger partial charge in [-0.25, -0.2) is 9.98 Å². The Kier molecular flexibility index (Phi) is 7.32. The number of nitrogens with zero attached hydrogens (tertiary/aromatic N) is 2. The zero-order valence-corrected chi connectivity index (χ0v) is 16.6. The van der Waals surface area contributed by atoms with Crippen molar-refractivity contribution in [2.24, 2.45) is 4.99 Å². The molecule has 0 spiro atoms. The minimum absolute atomic E-state index is 0.000501. The molecule has 1 aromatic carbocycles. The van der Waals surface area contributed by atoms with E-state index in [1.807, 2.05) is 6.92 Å². The van der Waals surface area contributed by atoms with Gasteiger partial charge in [-0.05, 0) is 6.92 Å². The highest BCUT2D eigenvalue weighted by atomic mass is 32.1. The number of nitrogens with one attached hydrogen (secondary N) is 2. The first-order chi connectivity index (χ1) is 13.3. The van der Waals surface area contributed by atoms with Crippen LogP contribution in [0.1, 0.15) is 17.6 Å². The number of aliphatic imine (C=N–C) groups is 1. The average molecular weight is 418 g/mol. The molecule has 11 heteroatoms. The second-order valence-corrected chi connectivity index (χ2v) is 6.30. The van der Waals surface area contributed by atoms with Gasteiger partial charge in [0.1, 0.15) is 5.01 Å². The van der Waals surface area contributed by atoms with Gasteiger partial charge in [0.05, 0.1) is 27.9 Å². The van der Waals surface area contributed by atoms with Crippen molar-refractivity contribution in [3.63, 3.8) is 0 Å². The van der Waals surface area contributed by atoms with Crippen LogP contribution in [0.4, 0.5) is 18.9 Å². The minimum atomic E-state index is -4.46. The normalized spacial score (nSPS) is 11.9. The molecule has 0 saturated heterocycles. The number of hydrogen-bond acceptors (Lipinski definition) is 6. The van der Waals surface area contributed by atoms with Crippen LogP contribution in [0.25, 0.3) is 0 Å². The lowest BCUT2D eigenvalue weighted by atomic mass is 10.2. The number of ether oxygens (including phenoxy) is 3. The fraction of sp³-hybridized carbons (Fsp3) is 0.412. The molecule has 2 aromatic rings. The van der Waals surface area contributed by atoms with E-state index >= 15 is 0 Å². The third kappa shape index (κ3) is 5.41. The predicted molar refractivity (Wildman–Crippen MR) is 102 cm³/mol. The zero-order chi connectivity index (χ0) is 20.7. The summed E-state index contributed by atoms with van der Waals surface area (Å²) >= 11 is 0.910. The van der Waals surface area contributed by atoms with Gasteiger partial charge in [0.15, 0.2) is 23.2 Å². The molecule has 28 heavy (non-hydrogen) atoms. The van der Waals surface area contributed by atoms with Gasteiger partial charge in [0, 0.05) is 29.7 Å². The third-order valence-corrected chi connectivity index (χ3v) is 4.32. The van der Waals surface area contributed by atoms with E-state index in [1.54, 1.807) is 12.1 Å². The van der Waals surface area contributed by atoms with Crippen molar-refractivity contribution < 1.29 is 27.4 Å². The molecule has 1 aromatic heterocycles. The Morgan fingerprint density at radius 1 is 1.14 bits per heavy atom. The van der Waals surface area contributed by atoms with Crippen LogP contribution >= 0.6 is 11.3 Å². The summed E-state index contributed by atoms with van der Waals surface area (Å²) in [6.45, 7) is 2.43. The van der Waals surface area contributed by atoms with Crippen LogP contribution in [0.2, 0.25) is 0 Å². The van der Waals surface area contributed by atoms with E-state index in [2.05, 4.69) is 20.6 Å². The maximum atomic E-state index is 12.7. The first-order valence-electron chi connectivity index (χ1n) is 8.19. The van der Waals surface area contributed by atoms with Crippen LogP contribution in [0, 0.1) is 0 Å². The van der Waals surface area contributed by atoms with E-state index in [0.29, 0.717) is 35.4 Å². The molecular formula is C17H21F3N4O3S. The van der Waals surface area contributed by atoms with Gasteiger partial charge in [0.25, 0.3) is 0 Å². The summed E-state index contributed by atoms with van der Waals surface area (Å²) < 4.78 is 53.9. The Balaban J connectivity index is 2.22. The second kappa shape index (κ2) is 9.49. The van der Waals surface area contributed by atoms with Crippen LogP contribution < -0.4 is 24.8 Å². The first-order valence-corrected chi connectivity index (χ1v) is 9.07. The molecule has 0 aliphatic carbocycles. The fourth-order valence-corrected chi connectivity index (χ4v) is 2.98. The lowest BCUT2D eigenvalue weighted by Gasteiger charge is -2.16. The Labute approximate surface area is 164 Å². The molecule has 0 bridgehead atoms. The van der Waals surface area contributed by atoms with Crippen molar-refractivity contribution in [1.82, 2.24) is 10.3 Å². The minimum Gasteiger partial charge on any atom is -0.493 e. The molecule has 1 heterocycles. The van der Waals surface area contributed by atoms with E-state index in [0.717, 1.165) is 16.7 Å². The number of aromatic nitrogens is 1. The summed E-state index contributed by atoms with van der Waals surface area (Å²) in [6.07, 6.45) is -4.46. The zero-order valence-electron chi connectivity index (χ0n) is 15.8. The predicted octanol–water partition coefficient (Wildman–Crippen LogP) is 3.77. The van der Waals surface area contributed by atoms with E-state index < -0.39 is 11.9 Å². The number of rotatable bonds is 7. The largest absolute Gasteiger partial charge is 0.493 e. The SMILES string of the molecule is CCNC(=NCc1nc(C(F)(F)F)cs1)Nc1cc(OC)c(OC)c(OC)c1. The van der Waals surface area contributed by atoms with Crippen LogP contribution in [-0.2, 0) is 12.7 Å². The number of anilines is 1. The molecule has 0 fully saturated rings. The number of thiazole rings is 1. The lowest BCUT2D eigenvalue weighted by molar-refractivity contribution is -0.140. The maximum absolute atomic E-state index is 12.7. The Morgan fingerprint density at radius 2 is 1.79 bits per heavy atom. The Morgan fingerprint density at radius 3 is 2.25 bits per heavy atom. The van der Waals surface area contributed by atoms with Gasteiger partial charge in [-0.2, -0.15) is 13.2 Å². The molecular weight excluding hydrogens is 397 g/mol. The van der Waals surface area contributed by atoms with Crippen molar-refractivity contribution in [3.8, 4) is 17.2 Å². The summed E-state index contributed by atoms with van der Waals surface area (Å²) in [5.41, 5.74) is -0.311. The van der Waals surface area contributed by atoms with Gasteiger partial charge in [-0.1, -0.05) is 0 Å². The third-order valence-electron chi connectivity index (χ3n) is 3.49. The summed E-state index contributed by atoms with van der Waals surface area (Å²) in [5, 5.41) is 7.32. The summed E-state index contributed by atoms with van der Waals surface area (Å²) in [4.78, 5) is 7.86. The van der Waals surface area contributed by atoms with E-state index in [4.69, 9.17) is 14.2 Å². The summed E-state index contributed by atoms with van der Waals surface area (Å²) in [5.74, 6) is 1.73. The van der Waals surface area contributed by atoms with E-state index in [-0.39, 0.29) is 11.6 Å². The van der Waals surface area contributed by atoms with Crippen molar-refractivity contribution in [2.45, 2.75) is 19.6 Å². The smallest absolute Gasteiger partial charge is 0.434 e. The first kappa shape index (κ1) is 21.6. The number of methoxy groups -OCH3 is 3. The van der Waals surface area contributed by atoms with Gasteiger partial charge in [-0.15, -0.1) is 11.3 Å². The lowest BCUT2D eigenvalue weighted by Crippen LogP contribution is -2.30. The highest BCUT2D eigenvalue weighted by molar-refractivity contribution is 7.09. The molecule has 0 amide bonds. The molecule has 0 aliphatic heterocycles. The van der Waals surface area contributed by atoms with Gasteiger partial charge >= 0.3 is 6.18 Å². The number of hydrogen-bond donors (Lipinski definition) is 2. The molecule has 0 radical (unpaired) electrons. The fourth-order valence-electron chi connectivity index (χ4n) is 2.26. The monoisotopic (exact) mass is 418 g/mol. The van der Waals surface area contributed by atoms with Gasteiger partial charge in [0.2, 0.25) is 5.75 Å². The summed E-state index contributed by atoms with van der Waals surface area (Å²) in [7, 11) is 4.50. The Bertz CT molecular complexity index is 799. The highest BCUT2D eigenvalue weighted by Gasteiger charge is 2.33. The molecule has 0 atom stereocenters. The second-order valence-electron chi connectivity index (χ2n) is 5.36. The Hall–Kier alpha value is -2.69. The molecule has 0 saturated carbocycles. The molecule has 0 aliphatic rings. The van der Waals surface area contributed by atoms with Gasteiger partial charge < -0.3 is 24.8 Å². The molecule has 2 N–H and O–H groups in total. The maximum Gasteiger partial charge on any atom is 0.434 e. The van der Waals surface area contributed by atoms with Crippen LogP contribution in [0.15, 0.2) is 22.5 Å². The van der Waals surface area contributed by atoms with Crippen molar-refractivity contribution in [1.29, 1.82) is 0 Å². The standard InChI is InChI=1S/C17H21F3N4O3S/c1-5-21-16(22-8-14-24-13(9-28-14)17(18,19)20)23-10-6-11(25-2)15(27-4)12(7-10)26-3/h6-7,9H,5,8H2,1-4H3,(H2,21,22,23). The van der Waals surface area contributed by atoms with Gasteiger partial charge in [-0.3, -0.25) is 0 Å². The number of guanidine groups is 1.